The summed E-state index contributed by atoms with van der Waals surface area (Å²) in [5.74, 6) is 2.77. The van der Waals surface area contributed by atoms with Crippen LogP contribution in [0.4, 0.5) is 5.69 Å². The van der Waals surface area contributed by atoms with E-state index in [4.69, 9.17) is 9.47 Å². The second kappa shape index (κ2) is 10.0. The van der Waals surface area contributed by atoms with Gasteiger partial charge in [0.05, 0.1) is 24.1 Å². The molecule has 1 aliphatic rings. The first-order valence-corrected chi connectivity index (χ1v) is 11.0. The van der Waals surface area contributed by atoms with Crippen LogP contribution in [0.1, 0.15) is 18.4 Å². The van der Waals surface area contributed by atoms with Gasteiger partial charge >= 0.3 is 0 Å². The van der Waals surface area contributed by atoms with Crippen molar-refractivity contribution in [2.45, 2.75) is 23.5 Å². The van der Waals surface area contributed by atoms with E-state index in [1.54, 1.807) is 25.6 Å². The molecule has 0 saturated heterocycles. The number of anilines is 1. The van der Waals surface area contributed by atoms with E-state index in [-0.39, 0.29) is 5.91 Å². The van der Waals surface area contributed by atoms with E-state index in [9.17, 15) is 4.79 Å². The molecule has 1 aromatic heterocycles. The van der Waals surface area contributed by atoms with Crippen LogP contribution < -0.4 is 19.7 Å². The lowest BCUT2D eigenvalue weighted by Gasteiger charge is -2.20. The van der Waals surface area contributed by atoms with Crippen molar-refractivity contribution in [1.82, 2.24) is 5.32 Å². The topological polar surface area (TPSA) is 50.8 Å². The maximum Gasteiger partial charge on any atom is 0.228 e. The molecule has 0 spiro atoms. The van der Waals surface area contributed by atoms with Gasteiger partial charge in [0.25, 0.3) is 0 Å². The summed E-state index contributed by atoms with van der Waals surface area (Å²) in [6.45, 7) is 2.33. The maximum absolute atomic E-state index is 12.6. The number of nitrogens with one attached hydrogen (secondary N) is 1. The van der Waals surface area contributed by atoms with Crippen molar-refractivity contribution < 1.29 is 14.3 Å². The summed E-state index contributed by atoms with van der Waals surface area (Å²) in [4.78, 5) is 14.6. The zero-order chi connectivity index (χ0) is 19.1. The zero-order valence-corrected chi connectivity index (χ0v) is 17.5. The number of fused-ring (bicyclic) bond motifs is 1. The second-order valence-corrected chi connectivity index (χ2v) is 8.56. The van der Waals surface area contributed by atoms with Gasteiger partial charge in [-0.15, -0.1) is 23.1 Å². The lowest BCUT2D eigenvalue weighted by molar-refractivity contribution is -0.118. The molecule has 0 radical (unpaired) electrons. The number of ether oxygens (including phenoxy) is 2. The standard InChI is InChI=1S/C20H26N2O3S2/c1-24-17-5-4-15(14-18(17)25-2)6-9-21-10-7-19(23)22-11-3-12-26-20-16(22)8-13-27-20/h4-5,8,13-14,21H,3,6-7,9-12H2,1-2H3. The van der Waals surface area contributed by atoms with E-state index in [0.717, 1.165) is 48.9 Å². The number of carbonyl (C=O) groups is 1. The number of nitrogens with zero attached hydrogens (tertiary/aromatic N) is 1. The minimum atomic E-state index is 0.204. The Kier molecular flexibility index (Phi) is 7.43. The molecule has 0 fully saturated rings. The lowest BCUT2D eigenvalue weighted by atomic mass is 10.1. The maximum atomic E-state index is 12.6. The molecule has 0 unspecified atom stereocenters. The zero-order valence-electron chi connectivity index (χ0n) is 15.8. The molecule has 2 heterocycles. The average Bonchev–Trinajstić information content (AvgIpc) is 3.06. The van der Waals surface area contributed by atoms with Gasteiger partial charge in [0.1, 0.15) is 0 Å². The molecule has 5 nitrogen and oxygen atoms in total. The Morgan fingerprint density at radius 3 is 2.85 bits per heavy atom. The fraction of sp³-hybridized carbons (Fsp3) is 0.450. The van der Waals surface area contributed by atoms with Crippen molar-refractivity contribution in [1.29, 1.82) is 0 Å². The minimum absolute atomic E-state index is 0.204. The van der Waals surface area contributed by atoms with Gasteiger partial charge in [-0.1, -0.05) is 6.07 Å². The minimum Gasteiger partial charge on any atom is -0.493 e. The first kappa shape index (κ1) is 20.0. The van der Waals surface area contributed by atoms with E-state index in [0.29, 0.717) is 13.0 Å². The van der Waals surface area contributed by atoms with Gasteiger partial charge < -0.3 is 19.7 Å². The summed E-state index contributed by atoms with van der Waals surface area (Å²) >= 11 is 3.59. The van der Waals surface area contributed by atoms with Crippen molar-refractivity contribution in [3.63, 3.8) is 0 Å². The summed E-state index contributed by atoms with van der Waals surface area (Å²) in [6.07, 6.45) is 2.44. The first-order chi connectivity index (χ1) is 13.2. The molecule has 0 aliphatic carbocycles. The molecule has 146 valence electrons. The second-order valence-electron chi connectivity index (χ2n) is 6.28. The molecular formula is C20H26N2O3S2. The van der Waals surface area contributed by atoms with Crippen LogP contribution in [0.5, 0.6) is 11.5 Å². The number of thiophene rings is 1. The van der Waals surface area contributed by atoms with Crippen LogP contribution in [0.3, 0.4) is 0 Å². The Bertz CT molecular complexity index is 763. The average molecular weight is 407 g/mol. The van der Waals surface area contributed by atoms with Gasteiger partial charge in [-0.3, -0.25) is 4.79 Å². The lowest BCUT2D eigenvalue weighted by Crippen LogP contribution is -2.34. The largest absolute Gasteiger partial charge is 0.493 e. The van der Waals surface area contributed by atoms with Crippen LogP contribution in [0.2, 0.25) is 0 Å². The first-order valence-electron chi connectivity index (χ1n) is 9.15. The molecule has 1 aliphatic heterocycles. The van der Waals surface area contributed by atoms with Crippen LogP contribution >= 0.6 is 23.1 Å². The third kappa shape index (κ3) is 5.18. The fourth-order valence-corrected chi connectivity index (χ4v) is 5.18. The Hall–Kier alpha value is -1.70. The highest BCUT2D eigenvalue weighted by molar-refractivity contribution is 8.01. The van der Waals surface area contributed by atoms with Gasteiger partial charge in [0.2, 0.25) is 5.91 Å². The molecule has 0 saturated carbocycles. The SMILES string of the molecule is COc1ccc(CCNCCC(=O)N2CCCSc3sccc32)cc1OC. The third-order valence-electron chi connectivity index (χ3n) is 4.52. The smallest absolute Gasteiger partial charge is 0.228 e. The molecule has 3 rings (SSSR count). The predicted molar refractivity (Wildman–Crippen MR) is 113 cm³/mol. The van der Waals surface area contributed by atoms with Gasteiger partial charge in [-0.05, 0) is 48.5 Å². The quantitative estimate of drug-likeness (QED) is 0.676. The number of thioether (sulfide) groups is 1. The van der Waals surface area contributed by atoms with Crippen LogP contribution in [-0.4, -0.2) is 45.5 Å². The highest BCUT2D eigenvalue weighted by atomic mass is 32.2. The molecule has 1 aromatic carbocycles. The predicted octanol–water partition coefficient (Wildman–Crippen LogP) is 3.82. The van der Waals surface area contributed by atoms with Crippen molar-refractivity contribution in [3.05, 3.63) is 35.2 Å². The van der Waals surface area contributed by atoms with Crippen LogP contribution in [0, 0.1) is 0 Å². The van der Waals surface area contributed by atoms with Crippen molar-refractivity contribution >= 4 is 34.7 Å². The fourth-order valence-electron chi connectivity index (χ4n) is 3.09. The molecular weight excluding hydrogens is 380 g/mol. The molecule has 7 heteroatoms. The van der Waals surface area contributed by atoms with Gasteiger partial charge in [0.15, 0.2) is 11.5 Å². The number of methoxy groups -OCH3 is 2. The summed E-state index contributed by atoms with van der Waals surface area (Å²) in [5, 5.41) is 5.46. The number of hydrogen-bond acceptors (Lipinski definition) is 6. The highest BCUT2D eigenvalue weighted by Crippen LogP contribution is 2.38. The summed E-state index contributed by atoms with van der Waals surface area (Å²) in [6, 6.07) is 8.04. The molecule has 0 atom stereocenters. The number of amides is 1. The molecule has 27 heavy (non-hydrogen) atoms. The number of benzene rings is 1. The Labute approximate surface area is 169 Å². The van der Waals surface area contributed by atoms with Crippen molar-refractivity contribution in [2.24, 2.45) is 0 Å². The van der Waals surface area contributed by atoms with E-state index in [2.05, 4.69) is 16.8 Å². The normalized spacial score (nSPS) is 13.8. The Morgan fingerprint density at radius 2 is 2.04 bits per heavy atom. The van der Waals surface area contributed by atoms with E-state index in [1.165, 1.54) is 9.77 Å². The van der Waals surface area contributed by atoms with Gasteiger partial charge in [0, 0.05) is 25.3 Å². The summed E-state index contributed by atoms with van der Waals surface area (Å²) in [5.41, 5.74) is 2.27. The van der Waals surface area contributed by atoms with E-state index in [1.807, 2.05) is 34.9 Å². The number of carbonyl (C=O) groups excluding carboxylic acids is 1. The Morgan fingerprint density at radius 1 is 1.19 bits per heavy atom. The van der Waals surface area contributed by atoms with Crippen LogP contribution in [0.15, 0.2) is 33.9 Å². The molecule has 1 N–H and O–H groups in total. The van der Waals surface area contributed by atoms with Gasteiger partial charge in [-0.2, -0.15) is 0 Å². The monoisotopic (exact) mass is 406 g/mol. The summed E-state index contributed by atoms with van der Waals surface area (Å²) in [7, 11) is 3.28. The molecule has 0 bridgehead atoms. The van der Waals surface area contributed by atoms with Crippen LogP contribution in [0.25, 0.3) is 0 Å². The molecule has 1 amide bonds. The summed E-state index contributed by atoms with van der Waals surface area (Å²) < 4.78 is 11.9. The third-order valence-corrected chi connectivity index (χ3v) is 6.82. The highest BCUT2D eigenvalue weighted by Gasteiger charge is 2.21. The number of hydrogen-bond donors (Lipinski definition) is 1. The Balaban J connectivity index is 1.44. The van der Waals surface area contributed by atoms with Crippen LogP contribution in [-0.2, 0) is 11.2 Å². The van der Waals surface area contributed by atoms with Gasteiger partial charge in [-0.25, -0.2) is 0 Å². The van der Waals surface area contributed by atoms with E-state index >= 15 is 0 Å². The van der Waals surface area contributed by atoms with Crippen molar-refractivity contribution in [3.8, 4) is 11.5 Å². The van der Waals surface area contributed by atoms with Crippen molar-refractivity contribution in [2.75, 3.05) is 44.5 Å². The number of rotatable bonds is 8. The van der Waals surface area contributed by atoms with E-state index < -0.39 is 0 Å². The molecule has 2 aromatic rings.